The number of rotatable bonds is 8. The van der Waals surface area contributed by atoms with Gasteiger partial charge in [-0.15, -0.1) is 11.8 Å². The molecule has 0 saturated heterocycles. The first kappa shape index (κ1) is 26.7. The number of anilines is 3. The van der Waals surface area contributed by atoms with E-state index in [1.165, 1.54) is 17.8 Å². The monoisotopic (exact) mass is 546 g/mol. The van der Waals surface area contributed by atoms with Crippen LogP contribution in [0.25, 0.3) is 10.8 Å². The molecule has 0 saturated carbocycles. The van der Waals surface area contributed by atoms with Crippen LogP contribution < -0.4 is 10.2 Å². The van der Waals surface area contributed by atoms with Gasteiger partial charge in [0.15, 0.2) is 0 Å². The third kappa shape index (κ3) is 5.75. The lowest BCUT2D eigenvalue weighted by Gasteiger charge is -2.26. The van der Waals surface area contributed by atoms with Crippen molar-refractivity contribution in [1.82, 2.24) is 0 Å². The van der Waals surface area contributed by atoms with Gasteiger partial charge in [0.25, 0.3) is 5.91 Å². The van der Waals surface area contributed by atoms with E-state index in [1.807, 2.05) is 79.7 Å². The Balaban J connectivity index is 1.31. The van der Waals surface area contributed by atoms with E-state index in [2.05, 4.69) is 5.32 Å². The molecule has 0 spiro atoms. The molecular weight excluding hydrogens is 520 g/mol. The Kier molecular flexibility index (Phi) is 7.94. The summed E-state index contributed by atoms with van der Waals surface area (Å²) in [4.78, 5) is 41.1. The Morgan fingerprint density at radius 1 is 0.700 bits per heavy atom. The van der Waals surface area contributed by atoms with E-state index in [0.717, 1.165) is 16.3 Å². The number of hydrogen-bond donors (Lipinski definition) is 2. The average Bonchev–Trinajstić information content (AvgIpc) is 2.98. The number of nitrogens with zero attached hydrogens (tertiary/aromatic N) is 1. The van der Waals surface area contributed by atoms with Crippen LogP contribution in [-0.2, 0) is 4.79 Å². The third-order valence-electron chi connectivity index (χ3n) is 6.40. The van der Waals surface area contributed by atoms with Crippen LogP contribution in [0.5, 0.6) is 0 Å². The van der Waals surface area contributed by atoms with Gasteiger partial charge >= 0.3 is 5.97 Å². The van der Waals surface area contributed by atoms with Gasteiger partial charge in [-0.25, -0.2) is 4.79 Å². The molecule has 1 atom stereocenters. The maximum Gasteiger partial charge on any atom is 0.336 e. The van der Waals surface area contributed by atoms with Gasteiger partial charge in [-0.2, -0.15) is 0 Å². The molecule has 0 radical (unpaired) electrons. The number of aromatic carboxylic acids is 1. The van der Waals surface area contributed by atoms with Gasteiger partial charge in [0, 0.05) is 32.9 Å². The van der Waals surface area contributed by atoms with Gasteiger partial charge in [-0.1, -0.05) is 60.7 Å². The molecule has 5 rings (SSSR count). The molecule has 0 aliphatic heterocycles. The van der Waals surface area contributed by atoms with Crippen LogP contribution in [0, 0.1) is 0 Å². The van der Waals surface area contributed by atoms with E-state index in [0.29, 0.717) is 16.5 Å². The fourth-order valence-corrected chi connectivity index (χ4v) is 5.43. The molecule has 0 fully saturated rings. The summed E-state index contributed by atoms with van der Waals surface area (Å²) < 4.78 is 0. The minimum absolute atomic E-state index is 0.0510. The fourth-order valence-electron chi connectivity index (χ4n) is 4.52. The molecule has 5 aromatic rings. The van der Waals surface area contributed by atoms with Crippen molar-refractivity contribution in [2.75, 3.05) is 10.2 Å². The number of amides is 2. The highest BCUT2D eigenvalue weighted by molar-refractivity contribution is 8.00. The van der Waals surface area contributed by atoms with Crippen molar-refractivity contribution >= 4 is 57.4 Å². The number of benzene rings is 5. The molecule has 1 unspecified atom stereocenters. The van der Waals surface area contributed by atoms with Crippen LogP contribution in [0.3, 0.4) is 0 Å². The van der Waals surface area contributed by atoms with Gasteiger partial charge in [0.2, 0.25) is 5.91 Å². The van der Waals surface area contributed by atoms with Crippen molar-refractivity contribution < 1.29 is 19.5 Å². The van der Waals surface area contributed by atoms with Crippen LogP contribution >= 0.6 is 11.8 Å². The van der Waals surface area contributed by atoms with E-state index < -0.39 is 11.9 Å². The highest BCUT2D eigenvalue weighted by Gasteiger charge is 2.24. The highest BCUT2D eigenvalue weighted by Crippen LogP contribution is 2.32. The van der Waals surface area contributed by atoms with Gasteiger partial charge < -0.3 is 10.4 Å². The summed E-state index contributed by atoms with van der Waals surface area (Å²) in [5.41, 5.74) is 2.52. The minimum Gasteiger partial charge on any atom is -0.478 e. The van der Waals surface area contributed by atoms with E-state index in [1.54, 1.807) is 47.4 Å². The van der Waals surface area contributed by atoms with E-state index in [9.17, 15) is 19.5 Å². The molecule has 2 N–H and O–H groups in total. The summed E-state index contributed by atoms with van der Waals surface area (Å²) in [6, 6.07) is 36.4. The second-order valence-corrected chi connectivity index (χ2v) is 10.5. The normalized spacial score (nSPS) is 11.5. The molecule has 0 aromatic heterocycles. The second kappa shape index (κ2) is 11.9. The van der Waals surface area contributed by atoms with Crippen LogP contribution in [0.15, 0.2) is 126 Å². The predicted molar refractivity (Wildman–Crippen MR) is 161 cm³/mol. The first-order valence-electron chi connectivity index (χ1n) is 12.7. The summed E-state index contributed by atoms with van der Waals surface area (Å²) >= 11 is 1.43. The third-order valence-corrected chi connectivity index (χ3v) is 7.50. The Bertz CT molecular complexity index is 1630. The summed E-state index contributed by atoms with van der Waals surface area (Å²) in [5, 5.41) is 13.2. The zero-order valence-electron chi connectivity index (χ0n) is 21.7. The lowest BCUT2D eigenvalue weighted by molar-refractivity contribution is -0.117. The number of carbonyl (C=O) groups excluding carboxylic acids is 2. The number of carboxylic acid groups (broad SMARTS) is 1. The number of para-hydroxylation sites is 2. The second-order valence-electron chi connectivity index (χ2n) is 9.10. The standard InChI is InChI=1S/C33H26N2O4S/c1-22(32(37)35(25-12-4-2-5-13-25)26-14-6-3-7-15-26)40-27-20-18-24(19-21-27)34-31(36)28-16-8-10-23-11-9-17-29(30(23)28)33(38)39/h2-22H,1H3,(H,34,36)(H,38,39). The number of fused-ring (bicyclic) bond motifs is 1. The van der Waals surface area contributed by atoms with E-state index >= 15 is 0 Å². The summed E-state index contributed by atoms with van der Waals surface area (Å²) in [5.74, 6) is -1.54. The Labute approximate surface area is 236 Å². The molecule has 2 amide bonds. The Hall–Kier alpha value is -4.88. The van der Waals surface area contributed by atoms with Crippen LogP contribution in [0.2, 0.25) is 0 Å². The van der Waals surface area contributed by atoms with Crippen molar-refractivity contribution in [2.24, 2.45) is 0 Å². The van der Waals surface area contributed by atoms with Crippen LogP contribution in [0.1, 0.15) is 27.6 Å². The molecule has 7 heteroatoms. The largest absolute Gasteiger partial charge is 0.478 e. The summed E-state index contributed by atoms with van der Waals surface area (Å²) in [6.07, 6.45) is 0. The molecule has 0 bridgehead atoms. The van der Waals surface area contributed by atoms with E-state index in [4.69, 9.17) is 0 Å². The first-order valence-corrected chi connectivity index (χ1v) is 13.6. The van der Waals surface area contributed by atoms with E-state index in [-0.39, 0.29) is 22.3 Å². The molecule has 0 aliphatic rings. The number of nitrogens with one attached hydrogen (secondary N) is 1. The Morgan fingerprint density at radius 2 is 1.25 bits per heavy atom. The quantitative estimate of drug-likeness (QED) is 0.195. The van der Waals surface area contributed by atoms with Gasteiger partial charge in [0.1, 0.15) is 0 Å². The zero-order chi connectivity index (χ0) is 28.1. The molecule has 198 valence electrons. The van der Waals surface area contributed by atoms with Crippen molar-refractivity contribution in [3.8, 4) is 0 Å². The topological polar surface area (TPSA) is 86.7 Å². The predicted octanol–water partition coefficient (Wildman–Crippen LogP) is 7.64. The number of thioether (sulfide) groups is 1. The SMILES string of the molecule is CC(Sc1ccc(NC(=O)c2cccc3cccc(C(=O)O)c23)cc1)C(=O)N(c1ccccc1)c1ccccc1. The molecule has 6 nitrogen and oxygen atoms in total. The van der Waals surface area contributed by atoms with Gasteiger partial charge in [-0.05, 0) is 73.0 Å². The lowest BCUT2D eigenvalue weighted by atomic mass is 9.98. The van der Waals surface area contributed by atoms with Crippen LogP contribution in [-0.4, -0.2) is 28.1 Å². The van der Waals surface area contributed by atoms with Gasteiger partial charge in [-0.3, -0.25) is 14.5 Å². The smallest absolute Gasteiger partial charge is 0.336 e. The lowest BCUT2D eigenvalue weighted by Crippen LogP contribution is -2.32. The first-order chi connectivity index (χ1) is 19.4. The summed E-state index contributed by atoms with van der Waals surface area (Å²) in [6.45, 7) is 1.88. The fraction of sp³-hybridized carbons (Fsp3) is 0.0606. The van der Waals surface area contributed by atoms with Crippen molar-refractivity contribution in [2.45, 2.75) is 17.1 Å². The maximum atomic E-state index is 13.6. The molecule has 40 heavy (non-hydrogen) atoms. The van der Waals surface area contributed by atoms with Crippen molar-refractivity contribution in [1.29, 1.82) is 0 Å². The number of carbonyl (C=O) groups is 3. The van der Waals surface area contributed by atoms with Crippen molar-refractivity contribution in [3.63, 3.8) is 0 Å². The van der Waals surface area contributed by atoms with Gasteiger partial charge in [0.05, 0.1) is 10.8 Å². The Morgan fingerprint density at radius 3 is 1.80 bits per heavy atom. The summed E-state index contributed by atoms with van der Waals surface area (Å²) in [7, 11) is 0. The maximum absolute atomic E-state index is 13.6. The molecule has 5 aromatic carbocycles. The van der Waals surface area contributed by atoms with Crippen LogP contribution in [0.4, 0.5) is 17.1 Å². The zero-order valence-corrected chi connectivity index (χ0v) is 22.5. The molecule has 0 aliphatic carbocycles. The number of hydrogen-bond acceptors (Lipinski definition) is 4. The highest BCUT2D eigenvalue weighted by atomic mass is 32.2. The number of carboxylic acids is 1. The van der Waals surface area contributed by atoms with Crippen molar-refractivity contribution in [3.05, 3.63) is 132 Å². The minimum atomic E-state index is -1.09. The molecular formula is C33H26N2O4S. The molecule has 0 heterocycles. The average molecular weight is 547 g/mol.